The van der Waals surface area contributed by atoms with Crippen molar-refractivity contribution in [1.82, 2.24) is 19.2 Å². The van der Waals surface area contributed by atoms with Crippen LogP contribution in [0.25, 0.3) is 22.1 Å². The number of hydrogen-bond acceptors (Lipinski definition) is 6. The average molecular weight is 458 g/mol. The molecule has 2 N–H and O–H groups in total. The van der Waals surface area contributed by atoms with Crippen molar-refractivity contribution in [2.45, 2.75) is 13.0 Å². The van der Waals surface area contributed by atoms with Crippen LogP contribution in [-0.2, 0) is 0 Å². The predicted octanol–water partition coefficient (Wildman–Crippen LogP) is 3.14. The summed E-state index contributed by atoms with van der Waals surface area (Å²) >= 11 is 6.36. The SMILES string of the molecule is CC(N=C([O-])c1c(N)nn2cccnc12)c1cc2cccc(Cl)c2c(=O)n1-c1ccccc1. The maximum Gasteiger partial charge on any atom is 0.264 e. The van der Waals surface area contributed by atoms with Gasteiger partial charge in [0.05, 0.1) is 27.7 Å². The first kappa shape index (κ1) is 20.7. The molecule has 9 heteroatoms. The van der Waals surface area contributed by atoms with Gasteiger partial charge in [0.2, 0.25) is 0 Å². The Balaban J connectivity index is 1.72. The number of fused-ring (bicyclic) bond motifs is 2. The zero-order valence-electron chi connectivity index (χ0n) is 17.5. The monoisotopic (exact) mass is 457 g/mol. The number of benzene rings is 2. The molecule has 3 heterocycles. The molecule has 8 nitrogen and oxygen atoms in total. The molecule has 1 atom stereocenters. The molecular weight excluding hydrogens is 440 g/mol. The number of nitrogens with two attached hydrogens (primary N) is 1. The standard InChI is InChI=1S/C24H19ClN6O2/c1-14(28-23(32)20-21(26)29-30-12-6-11-27-22(20)30)18-13-15-7-5-10-17(25)19(15)24(33)31(18)16-8-3-2-4-9-16/h2-14H,1H3,(H2,26,29)(H,28,32)/p-1. The van der Waals surface area contributed by atoms with E-state index in [0.29, 0.717) is 32.8 Å². The van der Waals surface area contributed by atoms with Gasteiger partial charge in [0.15, 0.2) is 11.5 Å². The van der Waals surface area contributed by atoms with Crippen LogP contribution in [0.1, 0.15) is 24.2 Å². The van der Waals surface area contributed by atoms with E-state index < -0.39 is 11.9 Å². The topological polar surface area (TPSA) is 114 Å². The largest absolute Gasteiger partial charge is 0.858 e. The highest BCUT2D eigenvalue weighted by Crippen LogP contribution is 2.27. The number of nitrogens with zero attached hydrogens (tertiary/aromatic N) is 5. The van der Waals surface area contributed by atoms with Gasteiger partial charge in [-0.05, 0) is 48.5 Å². The van der Waals surface area contributed by atoms with E-state index in [4.69, 9.17) is 17.3 Å². The molecule has 5 rings (SSSR count). The normalized spacial score (nSPS) is 13.0. The Morgan fingerprint density at radius 1 is 1.15 bits per heavy atom. The van der Waals surface area contributed by atoms with Crippen molar-refractivity contribution in [3.63, 3.8) is 0 Å². The fourth-order valence-corrected chi connectivity index (χ4v) is 4.17. The molecule has 2 aromatic carbocycles. The van der Waals surface area contributed by atoms with Crippen LogP contribution in [0.2, 0.25) is 5.02 Å². The lowest BCUT2D eigenvalue weighted by Crippen LogP contribution is -2.25. The van der Waals surface area contributed by atoms with Gasteiger partial charge in [0, 0.05) is 18.1 Å². The molecule has 0 spiro atoms. The average Bonchev–Trinajstić information content (AvgIpc) is 3.15. The molecule has 5 aromatic rings. The Kier molecular flexibility index (Phi) is 5.07. The first-order chi connectivity index (χ1) is 16.0. The first-order valence-corrected chi connectivity index (χ1v) is 10.6. The molecule has 3 aromatic heterocycles. The lowest BCUT2D eigenvalue weighted by atomic mass is 10.1. The molecule has 0 saturated heterocycles. The highest BCUT2D eigenvalue weighted by atomic mass is 35.5. The fourth-order valence-electron chi connectivity index (χ4n) is 3.91. The molecule has 0 aliphatic heterocycles. The van der Waals surface area contributed by atoms with E-state index in [2.05, 4.69) is 15.1 Å². The van der Waals surface area contributed by atoms with E-state index in [1.807, 2.05) is 42.5 Å². The molecule has 0 aliphatic rings. The first-order valence-electron chi connectivity index (χ1n) is 10.2. The van der Waals surface area contributed by atoms with Gasteiger partial charge < -0.3 is 10.8 Å². The van der Waals surface area contributed by atoms with Crippen molar-refractivity contribution in [2.24, 2.45) is 4.99 Å². The second-order valence-electron chi connectivity index (χ2n) is 7.51. The van der Waals surface area contributed by atoms with Gasteiger partial charge in [-0.15, -0.1) is 5.10 Å². The Morgan fingerprint density at radius 2 is 1.94 bits per heavy atom. The van der Waals surface area contributed by atoms with E-state index in [0.717, 1.165) is 0 Å². The zero-order chi connectivity index (χ0) is 23.1. The third kappa shape index (κ3) is 3.50. The maximum atomic E-state index is 13.5. The minimum atomic E-state index is -0.674. The molecule has 0 saturated carbocycles. The number of halogens is 1. The van der Waals surface area contributed by atoms with Crippen LogP contribution in [-0.4, -0.2) is 25.1 Å². The minimum absolute atomic E-state index is 0.0420. The van der Waals surface area contributed by atoms with Crippen LogP contribution in [0.15, 0.2) is 82.8 Å². The van der Waals surface area contributed by atoms with Gasteiger partial charge >= 0.3 is 0 Å². The molecule has 164 valence electrons. The van der Waals surface area contributed by atoms with Gasteiger partial charge in [0.1, 0.15) is 0 Å². The van der Waals surface area contributed by atoms with Gasteiger partial charge in [-0.3, -0.25) is 14.4 Å². The van der Waals surface area contributed by atoms with Gasteiger partial charge in [0.25, 0.3) is 5.56 Å². The number of para-hydroxylation sites is 1. The smallest absolute Gasteiger partial charge is 0.264 e. The summed E-state index contributed by atoms with van der Waals surface area (Å²) in [5, 5.41) is 18.7. The number of nitrogen functional groups attached to an aromatic ring is 1. The Morgan fingerprint density at radius 3 is 2.73 bits per heavy atom. The lowest BCUT2D eigenvalue weighted by Gasteiger charge is -2.20. The summed E-state index contributed by atoms with van der Waals surface area (Å²) < 4.78 is 2.97. The maximum absolute atomic E-state index is 13.5. The van der Waals surface area contributed by atoms with Gasteiger partial charge in [-0.2, -0.15) is 0 Å². The summed E-state index contributed by atoms with van der Waals surface area (Å²) in [6.45, 7) is 1.75. The van der Waals surface area contributed by atoms with Crippen LogP contribution in [0.4, 0.5) is 5.82 Å². The number of hydrogen-bond donors (Lipinski definition) is 1. The highest BCUT2D eigenvalue weighted by Gasteiger charge is 2.18. The van der Waals surface area contributed by atoms with E-state index in [-0.39, 0.29) is 16.9 Å². The molecular formula is C24H18ClN6O2-. The van der Waals surface area contributed by atoms with Gasteiger partial charge in [-0.1, -0.05) is 41.9 Å². The molecule has 0 amide bonds. The van der Waals surface area contributed by atoms with Crippen molar-refractivity contribution in [3.8, 4) is 5.69 Å². The van der Waals surface area contributed by atoms with Crippen molar-refractivity contribution in [1.29, 1.82) is 0 Å². The number of anilines is 1. The van der Waals surface area contributed by atoms with E-state index in [9.17, 15) is 9.90 Å². The molecule has 33 heavy (non-hydrogen) atoms. The zero-order valence-corrected chi connectivity index (χ0v) is 18.3. The predicted molar refractivity (Wildman–Crippen MR) is 127 cm³/mol. The summed E-state index contributed by atoms with van der Waals surface area (Å²) in [6.07, 6.45) is 3.20. The molecule has 0 bridgehead atoms. The van der Waals surface area contributed by atoms with E-state index >= 15 is 0 Å². The number of aromatic nitrogens is 4. The van der Waals surface area contributed by atoms with Crippen LogP contribution in [0.5, 0.6) is 0 Å². The minimum Gasteiger partial charge on any atom is -0.858 e. The Labute approximate surface area is 193 Å². The quantitative estimate of drug-likeness (QED) is 0.329. The molecule has 0 radical (unpaired) electrons. The van der Waals surface area contributed by atoms with Crippen molar-refractivity contribution in [2.75, 3.05) is 5.73 Å². The number of rotatable bonds is 4. The van der Waals surface area contributed by atoms with E-state index in [1.54, 1.807) is 37.5 Å². The number of pyridine rings is 1. The summed E-state index contributed by atoms with van der Waals surface area (Å²) in [5.41, 5.74) is 7.33. The van der Waals surface area contributed by atoms with Crippen molar-refractivity contribution < 1.29 is 5.11 Å². The molecule has 0 fully saturated rings. The van der Waals surface area contributed by atoms with Crippen molar-refractivity contribution >= 4 is 39.7 Å². The third-order valence-corrected chi connectivity index (χ3v) is 5.73. The summed E-state index contributed by atoms with van der Waals surface area (Å²) in [4.78, 5) is 22.1. The van der Waals surface area contributed by atoms with Crippen LogP contribution in [0, 0.1) is 0 Å². The Bertz CT molecular complexity index is 1590. The third-order valence-electron chi connectivity index (χ3n) is 5.41. The highest BCUT2D eigenvalue weighted by molar-refractivity contribution is 6.35. The van der Waals surface area contributed by atoms with Crippen LogP contribution < -0.4 is 16.4 Å². The fraction of sp³-hybridized carbons (Fsp3) is 0.0833. The summed E-state index contributed by atoms with van der Waals surface area (Å²) in [7, 11) is 0. The van der Waals surface area contributed by atoms with Gasteiger partial charge in [-0.25, -0.2) is 9.50 Å². The lowest BCUT2D eigenvalue weighted by molar-refractivity contribution is -0.213. The van der Waals surface area contributed by atoms with Crippen LogP contribution in [0.3, 0.4) is 0 Å². The van der Waals surface area contributed by atoms with Crippen LogP contribution >= 0.6 is 11.6 Å². The summed E-state index contributed by atoms with van der Waals surface area (Å²) in [6, 6.07) is 17.3. The summed E-state index contributed by atoms with van der Waals surface area (Å²) in [5.74, 6) is -0.521. The second kappa shape index (κ2) is 8.07. The van der Waals surface area contributed by atoms with E-state index in [1.165, 1.54) is 9.08 Å². The molecule has 0 aliphatic carbocycles. The molecule has 1 unspecified atom stereocenters. The Hall–Kier alpha value is -4.17. The van der Waals surface area contributed by atoms with Crippen molar-refractivity contribution in [3.05, 3.63) is 99.7 Å². The second-order valence-corrected chi connectivity index (χ2v) is 7.91. The number of aliphatic imine (C=N–C) groups is 1.